The molecule has 8 heteroatoms. The number of fused-ring (bicyclic) bond motifs is 3. The number of hydrogen-bond acceptors (Lipinski definition) is 3. The first-order valence-electron chi connectivity index (χ1n) is 13.4. The number of carbonyl (C=O) groups excluding carboxylic acids is 1. The Balaban J connectivity index is 1.15. The molecule has 8 nitrogen and oxygen atoms in total. The van der Waals surface area contributed by atoms with E-state index in [9.17, 15) is 14.7 Å². The van der Waals surface area contributed by atoms with Crippen LogP contribution in [-0.2, 0) is 0 Å². The number of carboxylic acid groups (broad SMARTS) is 1. The average molecular weight is 522 g/mol. The molecule has 4 aromatic rings. The number of urea groups is 1. The zero-order valence-electron chi connectivity index (χ0n) is 21.6. The zero-order chi connectivity index (χ0) is 26.8. The lowest BCUT2D eigenvalue weighted by Crippen LogP contribution is -2.42. The van der Waals surface area contributed by atoms with Gasteiger partial charge in [0, 0.05) is 36.4 Å². The van der Waals surface area contributed by atoms with E-state index in [2.05, 4.69) is 27.0 Å². The molecule has 2 N–H and O–H groups in total. The highest BCUT2D eigenvalue weighted by Crippen LogP contribution is 2.45. The Hall–Kier alpha value is -4.59. The van der Waals surface area contributed by atoms with Gasteiger partial charge in [-0.25, -0.2) is 14.6 Å². The third-order valence-electron chi connectivity index (χ3n) is 7.92. The Bertz CT molecular complexity index is 1480. The van der Waals surface area contributed by atoms with Gasteiger partial charge in [-0.15, -0.1) is 0 Å². The Morgan fingerprint density at radius 3 is 2.38 bits per heavy atom. The SMILES string of the molecule is O=C(Nc1ccccc1)N1CCC(CCN(C(=O)O)c2ccccc2C2c3ccccc3-c3cncn32)CC1. The molecule has 2 aliphatic heterocycles. The zero-order valence-corrected chi connectivity index (χ0v) is 21.6. The van der Waals surface area contributed by atoms with E-state index in [1.165, 1.54) is 4.90 Å². The fourth-order valence-corrected chi connectivity index (χ4v) is 5.90. The van der Waals surface area contributed by atoms with Crippen molar-refractivity contribution in [3.63, 3.8) is 0 Å². The summed E-state index contributed by atoms with van der Waals surface area (Å²) in [5, 5.41) is 13.2. The lowest BCUT2D eigenvalue weighted by molar-refractivity contribution is 0.179. The Morgan fingerprint density at radius 2 is 1.62 bits per heavy atom. The summed E-state index contributed by atoms with van der Waals surface area (Å²) in [6.07, 6.45) is 5.18. The standard InChI is InChI=1S/C31H31N5O3/c37-30(33-23-8-2-1-3-9-23)34-17-14-22(15-18-34)16-19-35(31(38)39)27-13-7-6-12-26(27)29-25-11-5-4-10-24(25)28-20-32-21-36(28)29/h1-13,20-22,29H,14-19H2,(H,33,37)(H,38,39). The van der Waals surface area contributed by atoms with Crippen LogP contribution in [-0.4, -0.2) is 51.3 Å². The van der Waals surface area contributed by atoms with Gasteiger partial charge < -0.3 is 19.9 Å². The minimum atomic E-state index is -0.959. The molecule has 1 aromatic heterocycles. The smallest absolute Gasteiger partial charge is 0.411 e. The van der Waals surface area contributed by atoms with Crippen LogP contribution in [0.1, 0.15) is 36.4 Å². The van der Waals surface area contributed by atoms with Crippen molar-refractivity contribution in [1.29, 1.82) is 0 Å². The third-order valence-corrected chi connectivity index (χ3v) is 7.92. The highest BCUT2D eigenvalue weighted by atomic mass is 16.4. The molecule has 1 unspecified atom stereocenters. The van der Waals surface area contributed by atoms with E-state index in [4.69, 9.17) is 0 Å². The molecule has 0 spiro atoms. The number of anilines is 2. The van der Waals surface area contributed by atoms with Crippen molar-refractivity contribution < 1.29 is 14.7 Å². The number of imidazole rings is 1. The third kappa shape index (κ3) is 4.85. The fourth-order valence-electron chi connectivity index (χ4n) is 5.90. The van der Waals surface area contributed by atoms with E-state index in [0.29, 0.717) is 31.2 Å². The Kier molecular flexibility index (Phi) is 6.75. The predicted octanol–water partition coefficient (Wildman–Crippen LogP) is 6.32. The van der Waals surface area contributed by atoms with Crippen molar-refractivity contribution in [1.82, 2.24) is 14.5 Å². The first kappa shape index (κ1) is 24.7. The largest absolute Gasteiger partial charge is 0.465 e. The molecule has 3 amide bonds. The topological polar surface area (TPSA) is 90.7 Å². The van der Waals surface area contributed by atoms with Gasteiger partial charge in [-0.3, -0.25) is 4.90 Å². The summed E-state index contributed by atoms with van der Waals surface area (Å²) in [4.78, 5) is 32.9. The van der Waals surface area contributed by atoms with Crippen LogP contribution in [0.15, 0.2) is 91.4 Å². The number of amides is 3. The fraction of sp³-hybridized carbons (Fsp3) is 0.258. The predicted molar refractivity (Wildman–Crippen MR) is 151 cm³/mol. The maximum Gasteiger partial charge on any atom is 0.411 e. The second-order valence-electron chi connectivity index (χ2n) is 10.2. The lowest BCUT2D eigenvalue weighted by atomic mass is 9.92. The summed E-state index contributed by atoms with van der Waals surface area (Å²) in [6.45, 7) is 1.73. The van der Waals surface area contributed by atoms with Gasteiger partial charge in [0.05, 0.1) is 29.9 Å². The van der Waals surface area contributed by atoms with E-state index < -0.39 is 6.09 Å². The maximum absolute atomic E-state index is 12.7. The number of carbonyl (C=O) groups is 2. The molecule has 0 aliphatic carbocycles. The molecular weight excluding hydrogens is 490 g/mol. The summed E-state index contributed by atoms with van der Waals surface area (Å²) in [6, 6.07) is 25.3. The number of piperidine rings is 1. The number of aromatic nitrogens is 2. The molecular formula is C31H31N5O3. The lowest BCUT2D eigenvalue weighted by Gasteiger charge is -2.33. The van der Waals surface area contributed by atoms with Crippen molar-refractivity contribution in [2.45, 2.75) is 25.3 Å². The van der Waals surface area contributed by atoms with Crippen LogP contribution in [0.3, 0.4) is 0 Å². The maximum atomic E-state index is 12.7. The summed E-state index contributed by atoms with van der Waals surface area (Å²) in [7, 11) is 0. The first-order valence-corrected chi connectivity index (χ1v) is 13.4. The second-order valence-corrected chi connectivity index (χ2v) is 10.2. The average Bonchev–Trinajstić information content (AvgIpc) is 3.55. The van der Waals surface area contributed by atoms with Gasteiger partial charge in [0.1, 0.15) is 0 Å². The van der Waals surface area contributed by atoms with E-state index in [0.717, 1.165) is 47.3 Å². The van der Waals surface area contributed by atoms with Crippen molar-refractivity contribution in [2.24, 2.45) is 5.92 Å². The van der Waals surface area contributed by atoms with Crippen molar-refractivity contribution in [2.75, 3.05) is 29.9 Å². The van der Waals surface area contributed by atoms with E-state index >= 15 is 0 Å². The van der Waals surface area contributed by atoms with Crippen molar-refractivity contribution in [3.05, 3.63) is 103 Å². The molecule has 39 heavy (non-hydrogen) atoms. The van der Waals surface area contributed by atoms with E-state index in [1.807, 2.05) is 84.2 Å². The minimum Gasteiger partial charge on any atom is -0.465 e. The second kappa shape index (κ2) is 10.6. The number of benzene rings is 3. The van der Waals surface area contributed by atoms with Crippen LogP contribution in [0.25, 0.3) is 11.3 Å². The van der Waals surface area contributed by atoms with Gasteiger partial charge in [-0.05, 0) is 48.9 Å². The highest BCUT2D eigenvalue weighted by molar-refractivity contribution is 5.89. The molecule has 1 saturated heterocycles. The van der Waals surface area contributed by atoms with Gasteiger partial charge in [0.25, 0.3) is 0 Å². The first-order chi connectivity index (χ1) is 19.1. The van der Waals surface area contributed by atoms with Crippen LogP contribution in [0.2, 0.25) is 0 Å². The quantitative estimate of drug-likeness (QED) is 0.274. The van der Waals surface area contributed by atoms with Crippen molar-refractivity contribution >= 4 is 23.5 Å². The molecule has 0 saturated carbocycles. The number of nitrogens with one attached hydrogen (secondary N) is 1. The summed E-state index contributed by atoms with van der Waals surface area (Å²) >= 11 is 0. The number of para-hydroxylation sites is 2. The van der Waals surface area contributed by atoms with Gasteiger partial charge in [0.15, 0.2) is 0 Å². The molecule has 198 valence electrons. The number of hydrogen-bond donors (Lipinski definition) is 2. The van der Waals surface area contributed by atoms with E-state index in [-0.39, 0.29) is 12.1 Å². The molecule has 2 aliphatic rings. The summed E-state index contributed by atoms with van der Waals surface area (Å²) in [5.74, 6) is 0.354. The van der Waals surface area contributed by atoms with Gasteiger partial charge in [-0.2, -0.15) is 0 Å². The monoisotopic (exact) mass is 521 g/mol. The normalized spacial score (nSPS) is 16.4. The number of rotatable bonds is 6. The molecule has 3 heterocycles. The van der Waals surface area contributed by atoms with Crippen LogP contribution >= 0.6 is 0 Å². The minimum absolute atomic E-state index is 0.0866. The summed E-state index contributed by atoms with van der Waals surface area (Å²) in [5.41, 5.74) is 5.74. The summed E-state index contributed by atoms with van der Waals surface area (Å²) < 4.78 is 2.12. The highest BCUT2D eigenvalue weighted by Gasteiger charge is 2.33. The molecule has 3 aromatic carbocycles. The van der Waals surface area contributed by atoms with Gasteiger partial charge >= 0.3 is 12.1 Å². The van der Waals surface area contributed by atoms with E-state index in [1.54, 1.807) is 0 Å². The van der Waals surface area contributed by atoms with Crippen LogP contribution in [0, 0.1) is 5.92 Å². The number of nitrogens with zero attached hydrogens (tertiary/aromatic N) is 4. The molecule has 0 bridgehead atoms. The number of likely N-dealkylation sites (tertiary alicyclic amines) is 1. The van der Waals surface area contributed by atoms with Gasteiger partial charge in [-0.1, -0.05) is 60.7 Å². The van der Waals surface area contributed by atoms with Gasteiger partial charge in [0.2, 0.25) is 0 Å². The molecule has 1 atom stereocenters. The Morgan fingerprint density at radius 1 is 0.923 bits per heavy atom. The van der Waals surface area contributed by atoms with Crippen LogP contribution in [0.4, 0.5) is 21.0 Å². The Labute approximate surface area is 227 Å². The molecule has 1 fully saturated rings. The molecule has 6 rings (SSSR count). The molecule has 0 radical (unpaired) electrons. The van der Waals surface area contributed by atoms with Crippen LogP contribution < -0.4 is 10.2 Å². The van der Waals surface area contributed by atoms with Crippen molar-refractivity contribution in [3.8, 4) is 11.3 Å². The van der Waals surface area contributed by atoms with Crippen LogP contribution in [0.5, 0.6) is 0 Å².